The number of benzene rings is 2. The van der Waals surface area contributed by atoms with E-state index >= 15 is 0 Å². The first-order chi connectivity index (χ1) is 13.7. The van der Waals surface area contributed by atoms with Gasteiger partial charge in [0.1, 0.15) is 18.2 Å². The summed E-state index contributed by atoms with van der Waals surface area (Å²) in [5.74, 6) is -0.0806. The van der Waals surface area contributed by atoms with E-state index in [0.29, 0.717) is 0 Å². The van der Waals surface area contributed by atoms with Crippen molar-refractivity contribution in [2.24, 2.45) is 0 Å². The van der Waals surface area contributed by atoms with Crippen molar-refractivity contribution in [2.75, 3.05) is 17.1 Å². The standard InChI is InChI=1S/C20H21FN4O3S/c1-15-22-11-12-24(15)18-7-3-16(4-8-18)13-23-20(26)14-25(29(2,27)28)19-9-5-17(21)6-10-19/h3-12H,13-14H2,1-2H3,(H,23,26). The van der Waals surface area contributed by atoms with Gasteiger partial charge in [0, 0.05) is 24.6 Å². The first-order valence-corrected chi connectivity index (χ1v) is 10.7. The van der Waals surface area contributed by atoms with Gasteiger partial charge in [0.2, 0.25) is 15.9 Å². The number of carbonyl (C=O) groups excluding carboxylic acids is 1. The van der Waals surface area contributed by atoms with Gasteiger partial charge in [-0.1, -0.05) is 12.1 Å². The number of hydrogen-bond donors (Lipinski definition) is 1. The molecular formula is C20H21FN4O3S. The number of aryl methyl sites for hydroxylation is 1. The summed E-state index contributed by atoms with van der Waals surface area (Å²) in [6, 6.07) is 12.5. The Morgan fingerprint density at radius 1 is 1.14 bits per heavy atom. The molecule has 7 nitrogen and oxygen atoms in total. The van der Waals surface area contributed by atoms with Crippen LogP contribution in [0.25, 0.3) is 5.69 Å². The molecule has 3 rings (SSSR count). The molecule has 0 aliphatic heterocycles. The van der Waals surface area contributed by atoms with E-state index in [0.717, 1.165) is 39.8 Å². The van der Waals surface area contributed by atoms with Gasteiger partial charge in [-0.15, -0.1) is 0 Å². The van der Waals surface area contributed by atoms with Gasteiger partial charge < -0.3 is 9.88 Å². The average molecular weight is 416 g/mol. The molecule has 0 saturated heterocycles. The molecule has 0 fully saturated rings. The van der Waals surface area contributed by atoms with Gasteiger partial charge in [-0.25, -0.2) is 17.8 Å². The van der Waals surface area contributed by atoms with Gasteiger partial charge in [0.25, 0.3) is 0 Å². The van der Waals surface area contributed by atoms with Crippen LogP contribution in [0.15, 0.2) is 60.9 Å². The maximum Gasteiger partial charge on any atom is 0.241 e. The molecule has 0 unspecified atom stereocenters. The SMILES string of the molecule is Cc1nccn1-c1ccc(CNC(=O)CN(c2ccc(F)cc2)S(C)(=O)=O)cc1. The van der Waals surface area contributed by atoms with E-state index in [9.17, 15) is 17.6 Å². The molecule has 0 radical (unpaired) electrons. The van der Waals surface area contributed by atoms with Gasteiger partial charge in [-0.2, -0.15) is 0 Å². The van der Waals surface area contributed by atoms with Crippen molar-refractivity contribution in [1.82, 2.24) is 14.9 Å². The first-order valence-electron chi connectivity index (χ1n) is 8.83. The zero-order valence-electron chi connectivity index (χ0n) is 16.0. The molecule has 152 valence electrons. The van der Waals surface area contributed by atoms with E-state index in [-0.39, 0.29) is 12.2 Å². The Morgan fingerprint density at radius 3 is 2.34 bits per heavy atom. The van der Waals surface area contributed by atoms with E-state index in [2.05, 4.69) is 10.3 Å². The van der Waals surface area contributed by atoms with E-state index in [4.69, 9.17) is 0 Å². The minimum Gasteiger partial charge on any atom is -0.350 e. The molecule has 0 saturated carbocycles. The summed E-state index contributed by atoms with van der Waals surface area (Å²) >= 11 is 0. The van der Waals surface area contributed by atoms with Crippen LogP contribution in [0, 0.1) is 12.7 Å². The predicted octanol–water partition coefficient (Wildman–Crippen LogP) is 2.40. The number of aromatic nitrogens is 2. The molecule has 1 N–H and O–H groups in total. The molecule has 0 aliphatic carbocycles. The molecule has 2 aromatic carbocycles. The van der Waals surface area contributed by atoms with Crippen LogP contribution < -0.4 is 9.62 Å². The van der Waals surface area contributed by atoms with Crippen LogP contribution in [0.5, 0.6) is 0 Å². The Kier molecular flexibility index (Phi) is 5.97. The van der Waals surface area contributed by atoms with Gasteiger partial charge in [-0.05, 0) is 48.9 Å². The Morgan fingerprint density at radius 2 is 1.79 bits per heavy atom. The number of carbonyl (C=O) groups is 1. The van der Waals surface area contributed by atoms with Crippen LogP contribution in [0.3, 0.4) is 0 Å². The highest BCUT2D eigenvalue weighted by atomic mass is 32.2. The van der Waals surface area contributed by atoms with Gasteiger partial charge in [-0.3, -0.25) is 9.10 Å². The summed E-state index contributed by atoms with van der Waals surface area (Å²) in [5, 5.41) is 2.71. The molecule has 0 aliphatic rings. The van der Waals surface area contributed by atoms with E-state index in [1.54, 1.807) is 6.20 Å². The smallest absolute Gasteiger partial charge is 0.241 e. The summed E-state index contributed by atoms with van der Waals surface area (Å²) in [5.41, 5.74) is 2.05. The number of hydrogen-bond acceptors (Lipinski definition) is 4. The predicted molar refractivity (Wildman–Crippen MR) is 109 cm³/mol. The second-order valence-corrected chi connectivity index (χ2v) is 8.44. The molecule has 0 bridgehead atoms. The topological polar surface area (TPSA) is 84.3 Å². The third-order valence-electron chi connectivity index (χ3n) is 4.33. The molecule has 3 aromatic rings. The first kappa shape index (κ1) is 20.5. The maximum atomic E-state index is 13.1. The molecule has 29 heavy (non-hydrogen) atoms. The zero-order chi connectivity index (χ0) is 21.0. The fraction of sp³-hybridized carbons (Fsp3) is 0.200. The number of imidazole rings is 1. The van der Waals surface area contributed by atoms with Crippen molar-refractivity contribution in [3.05, 3.63) is 78.1 Å². The van der Waals surface area contributed by atoms with Crippen molar-refractivity contribution < 1.29 is 17.6 Å². The minimum absolute atomic E-state index is 0.226. The number of amides is 1. The molecule has 1 aromatic heterocycles. The van der Waals surface area contributed by atoms with Crippen molar-refractivity contribution in [3.8, 4) is 5.69 Å². The summed E-state index contributed by atoms with van der Waals surface area (Å²) < 4.78 is 40.1. The summed E-state index contributed by atoms with van der Waals surface area (Å²) in [6.07, 6.45) is 4.58. The quantitative estimate of drug-likeness (QED) is 0.641. The molecule has 1 heterocycles. The number of rotatable bonds is 7. The molecule has 0 atom stereocenters. The molecule has 0 spiro atoms. The normalized spacial score (nSPS) is 11.3. The van der Waals surface area contributed by atoms with Gasteiger partial charge in [0.15, 0.2) is 0 Å². The van der Waals surface area contributed by atoms with Gasteiger partial charge in [0.05, 0.1) is 11.9 Å². The summed E-state index contributed by atoms with van der Waals surface area (Å²) in [4.78, 5) is 16.5. The number of nitrogens with zero attached hydrogens (tertiary/aromatic N) is 3. The summed E-state index contributed by atoms with van der Waals surface area (Å²) in [6.45, 7) is 1.77. The maximum absolute atomic E-state index is 13.1. The minimum atomic E-state index is -3.70. The highest BCUT2D eigenvalue weighted by molar-refractivity contribution is 7.92. The van der Waals surface area contributed by atoms with Crippen molar-refractivity contribution in [1.29, 1.82) is 0 Å². The Labute approximate surface area is 168 Å². The Bertz CT molecular complexity index is 1090. The van der Waals surface area contributed by atoms with Crippen LogP contribution >= 0.6 is 0 Å². The molecule has 1 amide bonds. The Balaban J connectivity index is 1.63. The third kappa shape index (κ3) is 5.20. The largest absolute Gasteiger partial charge is 0.350 e. The fourth-order valence-electron chi connectivity index (χ4n) is 2.82. The molecular weight excluding hydrogens is 395 g/mol. The van der Waals surface area contributed by atoms with E-state index in [1.807, 2.05) is 42.0 Å². The summed E-state index contributed by atoms with van der Waals surface area (Å²) in [7, 11) is -3.70. The lowest BCUT2D eigenvalue weighted by molar-refractivity contribution is -0.119. The van der Waals surface area contributed by atoms with Crippen LogP contribution in [0.1, 0.15) is 11.4 Å². The van der Waals surface area contributed by atoms with Crippen LogP contribution in [-0.4, -0.2) is 36.7 Å². The second kappa shape index (κ2) is 8.44. The number of sulfonamides is 1. The highest BCUT2D eigenvalue weighted by Crippen LogP contribution is 2.17. The Hall–Kier alpha value is -3.20. The number of anilines is 1. The highest BCUT2D eigenvalue weighted by Gasteiger charge is 2.20. The number of halogens is 1. The second-order valence-electron chi connectivity index (χ2n) is 6.53. The van der Waals surface area contributed by atoms with E-state index < -0.39 is 28.3 Å². The number of nitrogens with one attached hydrogen (secondary N) is 1. The molecule has 9 heteroatoms. The lowest BCUT2D eigenvalue weighted by Crippen LogP contribution is -2.40. The van der Waals surface area contributed by atoms with Gasteiger partial charge >= 0.3 is 0 Å². The third-order valence-corrected chi connectivity index (χ3v) is 5.47. The lowest BCUT2D eigenvalue weighted by atomic mass is 10.2. The lowest BCUT2D eigenvalue weighted by Gasteiger charge is -2.21. The monoisotopic (exact) mass is 416 g/mol. The zero-order valence-corrected chi connectivity index (χ0v) is 16.9. The van der Waals surface area contributed by atoms with Crippen molar-refractivity contribution >= 4 is 21.6 Å². The van der Waals surface area contributed by atoms with Crippen LogP contribution in [-0.2, 0) is 21.4 Å². The van der Waals surface area contributed by atoms with Crippen LogP contribution in [0.4, 0.5) is 10.1 Å². The van der Waals surface area contributed by atoms with Crippen molar-refractivity contribution in [3.63, 3.8) is 0 Å². The van der Waals surface area contributed by atoms with Crippen LogP contribution in [0.2, 0.25) is 0 Å². The fourth-order valence-corrected chi connectivity index (χ4v) is 3.68. The van der Waals surface area contributed by atoms with Crippen molar-refractivity contribution in [2.45, 2.75) is 13.5 Å². The van der Waals surface area contributed by atoms with E-state index in [1.165, 1.54) is 12.1 Å². The average Bonchev–Trinajstić information content (AvgIpc) is 3.11.